The van der Waals surface area contributed by atoms with Crippen molar-refractivity contribution in [2.24, 2.45) is 0 Å². The number of hydrogen-bond acceptors (Lipinski definition) is 6. The molecule has 1 unspecified atom stereocenters. The first-order valence-corrected chi connectivity index (χ1v) is 12.1. The van der Waals surface area contributed by atoms with Gasteiger partial charge in [-0.05, 0) is 61.4 Å². The van der Waals surface area contributed by atoms with E-state index in [1.807, 2.05) is 38.1 Å². The Kier molecular flexibility index (Phi) is 5.83. The molecule has 1 aliphatic heterocycles. The van der Waals surface area contributed by atoms with Gasteiger partial charge in [-0.25, -0.2) is 4.98 Å². The van der Waals surface area contributed by atoms with Crippen LogP contribution in [0.5, 0.6) is 5.75 Å². The topological polar surface area (TPSA) is 79.7 Å². The number of aromatic nitrogens is 1. The molecule has 176 valence electrons. The van der Waals surface area contributed by atoms with Gasteiger partial charge in [0, 0.05) is 10.6 Å². The molecule has 2 heterocycles. The van der Waals surface area contributed by atoms with Crippen molar-refractivity contribution >= 4 is 55.7 Å². The maximum Gasteiger partial charge on any atom is 0.301 e. The number of benzene rings is 3. The van der Waals surface area contributed by atoms with Crippen LogP contribution in [0.1, 0.15) is 28.3 Å². The minimum Gasteiger partial charge on any atom is -0.507 e. The van der Waals surface area contributed by atoms with Crippen LogP contribution in [0.25, 0.3) is 16.0 Å². The third kappa shape index (κ3) is 3.96. The summed E-state index contributed by atoms with van der Waals surface area (Å²) in [6.07, 6.45) is 0. The van der Waals surface area contributed by atoms with Crippen molar-refractivity contribution in [2.75, 3.05) is 12.0 Å². The lowest BCUT2D eigenvalue weighted by molar-refractivity contribution is -0.132. The number of Topliss-reactive ketones (excluding diaryl/α,β-unsaturated/α-hetero) is 1. The maximum absolute atomic E-state index is 13.4. The number of carbonyl (C=O) groups is 2. The Bertz CT molecular complexity index is 1540. The van der Waals surface area contributed by atoms with Crippen molar-refractivity contribution in [3.8, 4) is 5.75 Å². The Balaban J connectivity index is 1.74. The number of anilines is 1. The van der Waals surface area contributed by atoms with Crippen LogP contribution in [0.4, 0.5) is 5.13 Å². The van der Waals surface area contributed by atoms with Gasteiger partial charge in [0.15, 0.2) is 5.13 Å². The zero-order chi connectivity index (χ0) is 24.9. The van der Waals surface area contributed by atoms with E-state index in [0.29, 0.717) is 38.1 Å². The largest absolute Gasteiger partial charge is 0.507 e. The van der Waals surface area contributed by atoms with Gasteiger partial charge in [-0.3, -0.25) is 14.5 Å². The quantitative estimate of drug-likeness (QED) is 0.203. The molecule has 1 fully saturated rings. The molecule has 4 aromatic rings. The van der Waals surface area contributed by atoms with Crippen molar-refractivity contribution in [1.29, 1.82) is 0 Å². The molecule has 8 heteroatoms. The summed E-state index contributed by atoms with van der Waals surface area (Å²) in [7, 11) is 1.56. The lowest BCUT2D eigenvalue weighted by Crippen LogP contribution is -2.29. The molecule has 0 bridgehead atoms. The van der Waals surface area contributed by atoms with E-state index < -0.39 is 17.7 Å². The highest BCUT2D eigenvalue weighted by molar-refractivity contribution is 7.22. The molecule has 6 nitrogen and oxygen atoms in total. The number of nitrogens with zero attached hydrogens (tertiary/aromatic N) is 2. The number of fused-ring (bicyclic) bond motifs is 1. The van der Waals surface area contributed by atoms with Crippen LogP contribution in [-0.4, -0.2) is 28.9 Å². The highest BCUT2D eigenvalue weighted by Crippen LogP contribution is 2.45. The van der Waals surface area contributed by atoms with E-state index in [1.54, 1.807) is 43.5 Å². The summed E-state index contributed by atoms with van der Waals surface area (Å²) >= 11 is 7.42. The molecule has 3 aromatic carbocycles. The van der Waals surface area contributed by atoms with E-state index >= 15 is 0 Å². The van der Waals surface area contributed by atoms with Crippen molar-refractivity contribution in [1.82, 2.24) is 4.98 Å². The molecule has 1 N–H and O–H groups in total. The molecule has 0 radical (unpaired) electrons. The number of hydrogen-bond donors (Lipinski definition) is 1. The second kappa shape index (κ2) is 8.83. The Hall–Kier alpha value is -3.68. The molecular weight excluding hydrogens is 484 g/mol. The van der Waals surface area contributed by atoms with Crippen LogP contribution in [0, 0.1) is 13.8 Å². The Morgan fingerprint density at radius 1 is 1.09 bits per heavy atom. The Labute approximate surface area is 211 Å². The van der Waals surface area contributed by atoms with Gasteiger partial charge in [0.25, 0.3) is 5.78 Å². The number of thiazole rings is 1. The highest BCUT2D eigenvalue weighted by Gasteiger charge is 2.48. The fourth-order valence-corrected chi connectivity index (χ4v) is 5.62. The van der Waals surface area contributed by atoms with E-state index in [9.17, 15) is 14.7 Å². The lowest BCUT2D eigenvalue weighted by Gasteiger charge is -2.23. The van der Waals surface area contributed by atoms with Crippen molar-refractivity contribution in [3.05, 3.63) is 93.5 Å². The van der Waals surface area contributed by atoms with Crippen LogP contribution >= 0.6 is 22.9 Å². The van der Waals surface area contributed by atoms with Crippen LogP contribution in [-0.2, 0) is 9.59 Å². The summed E-state index contributed by atoms with van der Waals surface area (Å²) in [5, 5.41) is 12.3. The predicted octanol–water partition coefficient (Wildman–Crippen LogP) is 6.20. The number of ether oxygens (including phenoxy) is 1. The number of aliphatic hydroxyl groups excluding tert-OH is 1. The monoisotopic (exact) mass is 504 g/mol. The number of aliphatic hydroxyl groups is 1. The number of aryl methyl sites for hydroxylation is 2. The summed E-state index contributed by atoms with van der Waals surface area (Å²) in [5.41, 5.74) is 3.53. The summed E-state index contributed by atoms with van der Waals surface area (Å²) in [4.78, 5) is 32.8. The lowest BCUT2D eigenvalue weighted by atomic mass is 9.93. The third-order valence-corrected chi connectivity index (χ3v) is 7.29. The van der Waals surface area contributed by atoms with Gasteiger partial charge in [0.1, 0.15) is 11.5 Å². The van der Waals surface area contributed by atoms with E-state index in [-0.39, 0.29) is 11.3 Å². The minimum absolute atomic E-state index is 0.0196. The molecule has 1 aliphatic rings. The zero-order valence-electron chi connectivity index (χ0n) is 19.2. The van der Waals surface area contributed by atoms with Crippen molar-refractivity contribution < 1.29 is 19.4 Å². The molecule has 1 saturated heterocycles. The van der Waals surface area contributed by atoms with Gasteiger partial charge in [0.2, 0.25) is 0 Å². The molecule has 0 aliphatic carbocycles. The maximum atomic E-state index is 13.4. The van der Waals surface area contributed by atoms with Gasteiger partial charge in [-0.2, -0.15) is 0 Å². The number of ketones is 1. The van der Waals surface area contributed by atoms with Crippen LogP contribution in [0.3, 0.4) is 0 Å². The predicted molar refractivity (Wildman–Crippen MR) is 138 cm³/mol. The van der Waals surface area contributed by atoms with Gasteiger partial charge in [-0.15, -0.1) is 0 Å². The average Bonchev–Trinajstić information content (AvgIpc) is 3.36. The highest BCUT2D eigenvalue weighted by atomic mass is 35.5. The van der Waals surface area contributed by atoms with E-state index in [0.717, 1.165) is 10.3 Å². The van der Waals surface area contributed by atoms with Crippen LogP contribution < -0.4 is 9.64 Å². The minimum atomic E-state index is -0.840. The molecule has 0 spiro atoms. The number of methoxy groups -OCH3 is 1. The first kappa shape index (κ1) is 23.1. The van der Waals surface area contributed by atoms with E-state index in [2.05, 4.69) is 4.98 Å². The molecule has 1 aromatic heterocycles. The second-order valence-corrected chi connectivity index (χ2v) is 9.82. The number of halogens is 1. The molecule has 0 saturated carbocycles. The Morgan fingerprint density at radius 2 is 1.89 bits per heavy atom. The van der Waals surface area contributed by atoms with Crippen molar-refractivity contribution in [3.63, 3.8) is 0 Å². The molecule has 5 rings (SSSR count). The summed E-state index contributed by atoms with van der Waals surface area (Å²) < 4.78 is 6.06. The van der Waals surface area contributed by atoms with Gasteiger partial charge in [0.05, 0.1) is 28.9 Å². The number of rotatable bonds is 4. The SMILES string of the molecule is COc1ccc(/C(O)=C2\C(=O)C(=O)N(c3nc4ccc(Cl)cc4s3)C2c2cccc(C)c2)c(C)c1. The summed E-state index contributed by atoms with van der Waals surface area (Å²) in [6.45, 7) is 3.75. The summed E-state index contributed by atoms with van der Waals surface area (Å²) in [5.74, 6) is -1.11. The molecule has 1 amide bonds. The first-order chi connectivity index (χ1) is 16.8. The molecule has 35 heavy (non-hydrogen) atoms. The normalized spacial score (nSPS) is 17.4. The summed E-state index contributed by atoms with van der Waals surface area (Å²) in [6, 6.07) is 17.1. The standard InChI is InChI=1S/C27H21ClN2O4S/c1-14-5-4-6-16(11-14)23-22(24(31)19-9-8-18(34-3)12-15(19)2)25(32)26(33)30(23)27-29-20-10-7-17(28)13-21(20)35-27/h4-13,23,31H,1-3H3/b24-22+. The fourth-order valence-electron chi connectivity index (χ4n) is 4.35. The smallest absolute Gasteiger partial charge is 0.301 e. The average molecular weight is 505 g/mol. The van der Waals surface area contributed by atoms with Gasteiger partial charge >= 0.3 is 5.91 Å². The fraction of sp³-hybridized carbons (Fsp3) is 0.148. The zero-order valence-corrected chi connectivity index (χ0v) is 20.8. The molecule has 1 atom stereocenters. The van der Waals surface area contributed by atoms with E-state index in [1.165, 1.54) is 16.2 Å². The third-order valence-electron chi connectivity index (χ3n) is 6.04. The second-order valence-electron chi connectivity index (χ2n) is 8.37. The number of amides is 1. The first-order valence-electron chi connectivity index (χ1n) is 10.9. The van der Waals surface area contributed by atoms with Crippen LogP contribution in [0.15, 0.2) is 66.2 Å². The Morgan fingerprint density at radius 3 is 2.60 bits per heavy atom. The van der Waals surface area contributed by atoms with Crippen molar-refractivity contribution in [2.45, 2.75) is 19.9 Å². The van der Waals surface area contributed by atoms with Crippen LogP contribution in [0.2, 0.25) is 5.02 Å². The molecular formula is C27H21ClN2O4S. The van der Waals surface area contributed by atoms with E-state index in [4.69, 9.17) is 16.3 Å². The van der Waals surface area contributed by atoms with Gasteiger partial charge < -0.3 is 9.84 Å². The van der Waals surface area contributed by atoms with Gasteiger partial charge in [-0.1, -0.05) is 52.8 Å². The number of carbonyl (C=O) groups excluding carboxylic acids is 2.